The van der Waals surface area contributed by atoms with Crippen LogP contribution in [0.25, 0.3) is 16.9 Å². The lowest BCUT2D eigenvalue weighted by molar-refractivity contribution is 0.0661. The van der Waals surface area contributed by atoms with E-state index in [-0.39, 0.29) is 27.0 Å². The first-order chi connectivity index (χ1) is 17.0. The van der Waals surface area contributed by atoms with E-state index in [0.717, 1.165) is 5.56 Å². The molecule has 4 aromatic rings. The number of aromatic nitrogens is 6. The molecule has 0 aliphatic carbocycles. The van der Waals surface area contributed by atoms with Gasteiger partial charge in [-0.3, -0.25) is 14.3 Å². The maximum Gasteiger partial charge on any atom is 0.294 e. The van der Waals surface area contributed by atoms with Gasteiger partial charge in [0.05, 0.1) is 22.3 Å². The Kier molecular flexibility index (Phi) is 5.77. The molecule has 0 bridgehead atoms. The normalized spacial score (nSPS) is 15.7. The van der Waals surface area contributed by atoms with Crippen LogP contribution in [-0.2, 0) is 23.5 Å². The van der Waals surface area contributed by atoms with Crippen LogP contribution in [0.4, 0.5) is 0 Å². The van der Waals surface area contributed by atoms with Gasteiger partial charge in [-0.05, 0) is 43.7 Å². The number of carbonyl (C=O) groups excluding carboxylic acids is 1. The number of primary sulfonamides is 1. The maximum absolute atomic E-state index is 13.3. The predicted molar refractivity (Wildman–Crippen MR) is 130 cm³/mol. The fourth-order valence-corrected chi connectivity index (χ4v) is 5.33. The van der Waals surface area contributed by atoms with Crippen LogP contribution in [0.15, 0.2) is 52.5 Å². The average Bonchev–Trinajstić information content (AvgIpc) is 3.43. The molecule has 14 heteroatoms. The number of hydrogen-bond donors (Lipinski definition) is 2. The molecular weight excluding hydrogens is 508 g/mol. The van der Waals surface area contributed by atoms with Gasteiger partial charge in [-0.1, -0.05) is 11.6 Å². The summed E-state index contributed by atoms with van der Waals surface area (Å²) in [6.45, 7) is 2.20. The third kappa shape index (κ3) is 4.10. The molecule has 0 fully saturated rings. The van der Waals surface area contributed by atoms with E-state index in [2.05, 4.69) is 20.2 Å². The van der Waals surface area contributed by atoms with E-state index >= 15 is 0 Å². The number of amides is 1. The fraction of sp³-hybridized carbons (Fsp3) is 0.227. The second kappa shape index (κ2) is 8.69. The topological polar surface area (TPSA) is 162 Å². The minimum atomic E-state index is -3.96. The number of pyridine rings is 1. The van der Waals surface area contributed by atoms with Crippen molar-refractivity contribution in [2.45, 2.75) is 24.3 Å². The molecule has 5 rings (SSSR count). The van der Waals surface area contributed by atoms with Gasteiger partial charge >= 0.3 is 0 Å². The van der Waals surface area contributed by atoms with Gasteiger partial charge in [0.1, 0.15) is 12.0 Å². The second-order valence-corrected chi connectivity index (χ2v) is 10.4. The zero-order valence-electron chi connectivity index (χ0n) is 19.2. The number of benzene rings is 1. The number of hydrogen-bond acceptors (Lipinski definition) is 7. The van der Waals surface area contributed by atoms with Crippen LogP contribution in [0.5, 0.6) is 0 Å². The number of rotatable bonds is 4. The van der Waals surface area contributed by atoms with Crippen molar-refractivity contribution in [1.82, 2.24) is 34.4 Å². The summed E-state index contributed by atoms with van der Waals surface area (Å²) in [5.41, 5.74) is 2.69. The highest BCUT2D eigenvalue weighted by molar-refractivity contribution is 7.89. The van der Waals surface area contributed by atoms with Crippen molar-refractivity contribution in [3.63, 3.8) is 0 Å². The number of fused-ring (bicyclic) bond motifs is 1. The first kappa shape index (κ1) is 23.9. The highest BCUT2D eigenvalue weighted by Crippen LogP contribution is 2.37. The third-order valence-corrected chi connectivity index (χ3v) is 7.21. The highest BCUT2D eigenvalue weighted by Gasteiger charge is 2.35. The lowest BCUT2D eigenvalue weighted by Gasteiger charge is -2.32. The Bertz CT molecular complexity index is 1670. The lowest BCUT2D eigenvalue weighted by atomic mass is 9.95. The number of H-pyrrole nitrogens is 1. The van der Waals surface area contributed by atoms with Crippen LogP contribution >= 0.6 is 11.6 Å². The van der Waals surface area contributed by atoms with E-state index in [9.17, 15) is 18.0 Å². The Morgan fingerprint density at radius 1 is 1.25 bits per heavy atom. The summed E-state index contributed by atoms with van der Waals surface area (Å²) in [4.78, 5) is 33.5. The number of nitrogens with one attached hydrogen (secondary N) is 1. The number of sulfonamides is 1. The molecule has 36 heavy (non-hydrogen) atoms. The largest absolute Gasteiger partial charge is 0.327 e. The van der Waals surface area contributed by atoms with Crippen molar-refractivity contribution in [2.75, 3.05) is 6.54 Å². The van der Waals surface area contributed by atoms with Crippen LogP contribution in [0, 0.1) is 0 Å². The molecule has 1 atom stereocenters. The Morgan fingerprint density at radius 2 is 2.03 bits per heavy atom. The number of halogens is 1. The highest BCUT2D eigenvalue weighted by atomic mass is 35.5. The van der Waals surface area contributed by atoms with Crippen LogP contribution in [0.1, 0.15) is 34.8 Å². The molecule has 3 N–H and O–H groups in total. The molecule has 1 aliphatic rings. The van der Waals surface area contributed by atoms with Gasteiger partial charge in [0, 0.05) is 35.9 Å². The van der Waals surface area contributed by atoms with Crippen molar-refractivity contribution >= 4 is 27.5 Å². The fourth-order valence-electron chi connectivity index (χ4n) is 4.45. The first-order valence-corrected chi connectivity index (χ1v) is 12.8. The zero-order chi connectivity index (χ0) is 25.8. The smallest absolute Gasteiger partial charge is 0.294 e. The Balaban J connectivity index is 1.48. The van der Waals surface area contributed by atoms with Gasteiger partial charge in [-0.2, -0.15) is 5.10 Å². The Morgan fingerprint density at radius 3 is 2.75 bits per heavy atom. The van der Waals surface area contributed by atoms with E-state index in [4.69, 9.17) is 16.7 Å². The summed E-state index contributed by atoms with van der Waals surface area (Å²) in [5, 5.41) is 14.4. The summed E-state index contributed by atoms with van der Waals surface area (Å²) in [7, 11) is -2.22. The summed E-state index contributed by atoms with van der Waals surface area (Å²) < 4.78 is 26.7. The van der Waals surface area contributed by atoms with Crippen molar-refractivity contribution in [3.05, 3.63) is 75.3 Å². The molecule has 3 aromatic heterocycles. The van der Waals surface area contributed by atoms with Gasteiger partial charge in [-0.25, -0.2) is 23.2 Å². The van der Waals surface area contributed by atoms with E-state index in [0.29, 0.717) is 29.9 Å². The minimum absolute atomic E-state index is 0.0441. The number of aryl methyl sites for hydroxylation is 1. The number of nitrogens with two attached hydrogens (primary N) is 1. The van der Waals surface area contributed by atoms with Crippen molar-refractivity contribution in [2.24, 2.45) is 12.2 Å². The number of aromatic amines is 1. The molecular formula is C22H21ClN8O4S. The third-order valence-electron chi connectivity index (χ3n) is 6.10. The Hall–Kier alpha value is -3.81. The molecule has 4 heterocycles. The number of nitrogens with zero attached hydrogens (tertiary/aromatic N) is 6. The SMILES string of the molecule is C[C@@H]1c2nn(C)c(-c3cc(Cl)cc(S(N)(=O)=O)c3)c2CCN1C(=O)c1ncn(-c2ccc[nH]c2=O)n1. The van der Waals surface area contributed by atoms with Gasteiger partial charge in [0.2, 0.25) is 15.8 Å². The predicted octanol–water partition coefficient (Wildman–Crippen LogP) is 1.42. The Labute approximate surface area is 210 Å². The van der Waals surface area contributed by atoms with Crippen LogP contribution in [0.2, 0.25) is 5.02 Å². The van der Waals surface area contributed by atoms with E-state index in [1.807, 2.05) is 6.92 Å². The molecule has 0 spiro atoms. The van der Waals surface area contributed by atoms with Crippen LogP contribution in [-0.4, -0.2) is 55.3 Å². The van der Waals surface area contributed by atoms with Crippen LogP contribution < -0.4 is 10.7 Å². The van der Waals surface area contributed by atoms with Gasteiger partial charge in [-0.15, -0.1) is 5.10 Å². The van der Waals surface area contributed by atoms with Crippen molar-refractivity contribution < 1.29 is 13.2 Å². The lowest BCUT2D eigenvalue weighted by Crippen LogP contribution is -2.39. The molecule has 1 amide bonds. The molecule has 1 aliphatic heterocycles. The molecule has 0 saturated heterocycles. The summed E-state index contributed by atoms with van der Waals surface area (Å²) in [5.74, 6) is -0.442. The summed E-state index contributed by atoms with van der Waals surface area (Å²) >= 11 is 6.19. The van der Waals surface area contributed by atoms with E-state index < -0.39 is 22.0 Å². The minimum Gasteiger partial charge on any atom is -0.327 e. The molecule has 0 saturated carbocycles. The number of carbonyl (C=O) groups is 1. The zero-order valence-corrected chi connectivity index (χ0v) is 20.8. The average molecular weight is 529 g/mol. The monoisotopic (exact) mass is 528 g/mol. The molecule has 0 radical (unpaired) electrons. The second-order valence-electron chi connectivity index (χ2n) is 8.38. The maximum atomic E-state index is 13.3. The quantitative estimate of drug-likeness (QED) is 0.404. The molecule has 12 nitrogen and oxygen atoms in total. The van der Waals surface area contributed by atoms with Crippen LogP contribution in [0.3, 0.4) is 0 Å². The molecule has 186 valence electrons. The van der Waals surface area contributed by atoms with Crippen molar-refractivity contribution in [3.8, 4) is 16.9 Å². The van der Waals surface area contributed by atoms with Gasteiger partial charge < -0.3 is 9.88 Å². The van der Waals surface area contributed by atoms with Gasteiger partial charge in [0.15, 0.2) is 0 Å². The molecule has 1 aromatic carbocycles. The van der Waals surface area contributed by atoms with E-state index in [1.54, 1.807) is 34.8 Å². The standard InChI is InChI=1S/C22H21ClN8O4S/c1-12-18-16(19(29(2)27-18)13-8-14(23)10-15(9-13)36(24,34)35)5-7-30(12)22(33)20-26-11-31(28-20)17-4-3-6-25-21(17)32/h3-4,6,8-12H,5,7H2,1-2H3,(H,25,32)(H2,24,34,35)/t12-/m1/s1. The first-order valence-electron chi connectivity index (χ1n) is 10.8. The molecule has 0 unspecified atom stereocenters. The summed E-state index contributed by atoms with van der Waals surface area (Å²) in [6, 6.07) is 7.22. The van der Waals surface area contributed by atoms with Crippen molar-refractivity contribution in [1.29, 1.82) is 0 Å². The summed E-state index contributed by atoms with van der Waals surface area (Å²) in [6.07, 6.45) is 3.28. The van der Waals surface area contributed by atoms with E-state index in [1.165, 1.54) is 29.3 Å². The van der Waals surface area contributed by atoms with Gasteiger partial charge in [0.25, 0.3) is 11.5 Å².